The van der Waals surface area contributed by atoms with Crippen LogP contribution < -0.4 is 20.1 Å². The number of guanidine groups is 1. The predicted octanol–water partition coefficient (Wildman–Crippen LogP) is 3.39. The minimum Gasteiger partial charge on any atom is -0.497 e. The second-order valence-electron chi connectivity index (χ2n) is 5.57. The van der Waals surface area contributed by atoms with E-state index >= 15 is 0 Å². The van der Waals surface area contributed by atoms with E-state index in [4.69, 9.17) is 4.74 Å². The molecule has 10 heteroatoms. The summed E-state index contributed by atoms with van der Waals surface area (Å²) in [6, 6.07) is 13.8. The van der Waals surface area contributed by atoms with Gasteiger partial charge < -0.3 is 20.1 Å². The highest BCUT2D eigenvalue weighted by Crippen LogP contribution is 2.25. The molecule has 1 unspecified atom stereocenters. The van der Waals surface area contributed by atoms with Gasteiger partial charge in [0.15, 0.2) is 5.96 Å². The lowest BCUT2D eigenvalue weighted by atomic mass is 10.2. The first-order chi connectivity index (χ1) is 13.5. The fourth-order valence-electron chi connectivity index (χ4n) is 2.38. The number of benzene rings is 2. The van der Waals surface area contributed by atoms with Crippen LogP contribution in [0.2, 0.25) is 0 Å². The van der Waals surface area contributed by atoms with Gasteiger partial charge in [-0.05, 0) is 30.3 Å². The molecule has 0 aliphatic carbocycles. The van der Waals surface area contributed by atoms with E-state index in [9.17, 15) is 13.0 Å². The van der Waals surface area contributed by atoms with Gasteiger partial charge >= 0.3 is 6.61 Å². The molecule has 0 fully saturated rings. The second kappa shape index (κ2) is 13.3. The third kappa shape index (κ3) is 8.52. The van der Waals surface area contributed by atoms with Crippen molar-refractivity contribution in [3.8, 4) is 11.5 Å². The first-order valence-electron chi connectivity index (χ1n) is 8.53. The molecule has 0 amide bonds. The van der Waals surface area contributed by atoms with Crippen LogP contribution in [0.4, 0.5) is 8.78 Å². The minimum absolute atomic E-state index is 0. The van der Waals surface area contributed by atoms with Gasteiger partial charge in [-0.25, -0.2) is 0 Å². The molecule has 0 bridgehead atoms. The van der Waals surface area contributed by atoms with E-state index in [0.29, 0.717) is 29.6 Å². The third-order valence-electron chi connectivity index (χ3n) is 3.74. The number of methoxy groups -OCH3 is 1. The molecule has 0 saturated carbocycles. The summed E-state index contributed by atoms with van der Waals surface area (Å²) in [6.07, 6.45) is 0. The summed E-state index contributed by atoms with van der Waals surface area (Å²) in [7, 11) is 1.96. The summed E-state index contributed by atoms with van der Waals surface area (Å²) in [6.45, 7) is -2.29. The van der Waals surface area contributed by atoms with E-state index in [2.05, 4.69) is 20.4 Å². The predicted molar refractivity (Wildman–Crippen MR) is 121 cm³/mol. The van der Waals surface area contributed by atoms with E-state index in [1.165, 1.54) is 13.2 Å². The van der Waals surface area contributed by atoms with Crippen molar-refractivity contribution >= 4 is 40.7 Å². The molecule has 2 aromatic rings. The molecule has 0 heterocycles. The maximum absolute atomic E-state index is 12.6. The maximum atomic E-state index is 12.6. The molecule has 160 valence electrons. The van der Waals surface area contributed by atoms with E-state index in [1.54, 1.807) is 19.2 Å². The van der Waals surface area contributed by atoms with Crippen molar-refractivity contribution in [3.63, 3.8) is 0 Å². The summed E-state index contributed by atoms with van der Waals surface area (Å²) in [4.78, 5) is 4.84. The van der Waals surface area contributed by atoms with Gasteiger partial charge in [0.1, 0.15) is 11.5 Å². The van der Waals surface area contributed by atoms with Crippen LogP contribution in [0.25, 0.3) is 0 Å². The van der Waals surface area contributed by atoms with Gasteiger partial charge in [-0.2, -0.15) is 8.78 Å². The number of aliphatic imine (C=N–C) groups is 1. The van der Waals surface area contributed by atoms with E-state index < -0.39 is 17.4 Å². The average molecular weight is 539 g/mol. The number of ether oxygens (including phenoxy) is 2. The molecule has 0 aliphatic rings. The smallest absolute Gasteiger partial charge is 0.387 e. The molecule has 2 rings (SSSR count). The Labute approximate surface area is 188 Å². The van der Waals surface area contributed by atoms with Crippen LogP contribution in [0.15, 0.2) is 58.4 Å². The van der Waals surface area contributed by atoms with Crippen LogP contribution in [0.1, 0.15) is 5.56 Å². The average Bonchev–Trinajstić information content (AvgIpc) is 2.71. The number of rotatable bonds is 9. The number of halogens is 3. The maximum Gasteiger partial charge on any atom is 0.387 e. The van der Waals surface area contributed by atoms with Crippen LogP contribution in [-0.4, -0.2) is 43.2 Å². The largest absolute Gasteiger partial charge is 0.497 e. The first-order valence-corrected chi connectivity index (χ1v) is 9.85. The fraction of sp³-hybridized carbons (Fsp3) is 0.316. The van der Waals surface area contributed by atoms with Crippen molar-refractivity contribution in [1.29, 1.82) is 0 Å². The van der Waals surface area contributed by atoms with Crippen molar-refractivity contribution in [3.05, 3.63) is 54.1 Å². The fourth-order valence-corrected chi connectivity index (χ4v) is 3.37. The molecule has 2 N–H and O–H groups in total. The summed E-state index contributed by atoms with van der Waals surface area (Å²) in [5, 5.41) is 6.08. The number of alkyl halides is 2. The molecule has 1 atom stereocenters. The molecular formula is C19H24F2IN3O3S. The third-order valence-corrected chi connectivity index (χ3v) is 5.11. The topological polar surface area (TPSA) is 72.0 Å². The zero-order valence-electron chi connectivity index (χ0n) is 16.1. The lowest BCUT2D eigenvalue weighted by Crippen LogP contribution is -2.38. The van der Waals surface area contributed by atoms with Gasteiger partial charge in [0.2, 0.25) is 0 Å². The Kier molecular flexibility index (Phi) is 11.5. The van der Waals surface area contributed by atoms with Gasteiger partial charge in [-0.15, -0.1) is 24.0 Å². The van der Waals surface area contributed by atoms with Gasteiger partial charge in [0, 0.05) is 36.3 Å². The Hall–Kier alpha value is -1.95. The number of hydrogen-bond donors (Lipinski definition) is 2. The molecule has 2 aromatic carbocycles. The molecule has 0 aliphatic heterocycles. The van der Waals surface area contributed by atoms with Gasteiger partial charge in [0.25, 0.3) is 0 Å². The second-order valence-corrected chi connectivity index (χ2v) is 7.14. The van der Waals surface area contributed by atoms with Gasteiger partial charge in [-0.1, -0.05) is 18.2 Å². The van der Waals surface area contributed by atoms with E-state index in [1.807, 2.05) is 30.3 Å². The van der Waals surface area contributed by atoms with E-state index in [0.717, 1.165) is 4.90 Å². The molecular weight excluding hydrogens is 515 g/mol. The highest BCUT2D eigenvalue weighted by atomic mass is 127. The van der Waals surface area contributed by atoms with Crippen molar-refractivity contribution in [2.45, 2.75) is 18.1 Å². The number of hydrogen-bond acceptors (Lipinski definition) is 4. The molecule has 0 radical (unpaired) electrons. The number of nitrogens with one attached hydrogen (secondary N) is 2. The Morgan fingerprint density at radius 1 is 1.17 bits per heavy atom. The zero-order chi connectivity index (χ0) is 20.4. The van der Waals surface area contributed by atoms with E-state index in [-0.39, 0.29) is 36.3 Å². The lowest BCUT2D eigenvalue weighted by Gasteiger charge is -2.15. The Morgan fingerprint density at radius 3 is 2.52 bits per heavy atom. The molecule has 6 nitrogen and oxygen atoms in total. The Balaban J connectivity index is 0.00000420. The highest BCUT2D eigenvalue weighted by molar-refractivity contribution is 14.0. The van der Waals surface area contributed by atoms with Crippen molar-refractivity contribution in [1.82, 2.24) is 10.6 Å². The quantitative estimate of drug-likeness (QED) is 0.291. The zero-order valence-corrected chi connectivity index (χ0v) is 19.2. The van der Waals surface area contributed by atoms with Crippen LogP contribution in [0.3, 0.4) is 0 Å². The lowest BCUT2D eigenvalue weighted by molar-refractivity contribution is -0.0504. The van der Waals surface area contributed by atoms with Crippen LogP contribution in [-0.2, 0) is 17.3 Å². The molecule has 29 heavy (non-hydrogen) atoms. The molecule has 0 aromatic heterocycles. The van der Waals surface area contributed by atoms with Crippen LogP contribution >= 0.6 is 24.0 Å². The number of nitrogens with zero attached hydrogens (tertiary/aromatic N) is 1. The van der Waals surface area contributed by atoms with Crippen molar-refractivity contribution < 1.29 is 22.5 Å². The standard InChI is InChI=1S/C19H23F2N3O3S.HI/c1-22-19(23-10-11-28(25)16-6-4-3-5-7-16)24-13-14-12-15(26-2)8-9-17(14)27-18(20)21;/h3-9,12,18H,10-11,13H2,1-2H3,(H2,22,23,24);1H. The van der Waals surface area contributed by atoms with Gasteiger partial charge in [-0.3, -0.25) is 9.20 Å². The highest BCUT2D eigenvalue weighted by Gasteiger charge is 2.12. The van der Waals surface area contributed by atoms with Crippen molar-refractivity contribution in [2.75, 3.05) is 26.5 Å². The minimum atomic E-state index is -2.92. The summed E-state index contributed by atoms with van der Waals surface area (Å²) < 4.78 is 47.1. The van der Waals surface area contributed by atoms with Crippen LogP contribution in [0.5, 0.6) is 11.5 Å². The van der Waals surface area contributed by atoms with Crippen LogP contribution in [0, 0.1) is 0 Å². The SMILES string of the molecule is CN=C(NCCS(=O)c1ccccc1)NCc1cc(OC)ccc1OC(F)F.I. The Bertz CT molecular complexity index is 811. The normalized spacial score (nSPS) is 12.1. The first kappa shape index (κ1) is 25.1. The Morgan fingerprint density at radius 2 is 1.90 bits per heavy atom. The summed E-state index contributed by atoms with van der Waals surface area (Å²) in [5.41, 5.74) is 0.496. The molecule has 0 spiro atoms. The summed E-state index contributed by atoms with van der Waals surface area (Å²) >= 11 is 0. The van der Waals surface area contributed by atoms with Crippen molar-refractivity contribution in [2.24, 2.45) is 4.99 Å². The molecule has 0 saturated heterocycles. The monoisotopic (exact) mass is 539 g/mol. The van der Waals surface area contributed by atoms with Gasteiger partial charge in [0.05, 0.1) is 17.9 Å². The summed E-state index contributed by atoms with van der Waals surface area (Å²) in [5.74, 6) is 1.45.